The minimum atomic E-state index is -7.86. The van der Waals surface area contributed by atoms with Gasteiger partial charge in [0.25, 0.3) is 0 Å². The molecule has 1 aliphatic carbocycles. The zero-order valence-corrected chi connectivity index (χ0v) is 18.7. The van der Waals surface area contributed by atoms with Crippen LogP contribution in [0, 0.1) is 5.92 Å². The second kappa shape index (κ2) is 10.1. The molecule has 0 heterocycles. The highest BCUT2D eigenvalue weighted by molar-refractivity contribution is 5.30. The molecular weight excluding hydrogens is 527 g/mol. The van der Waals surface area contributed by atoms with E-state index in [1.807, 2.05) is 6.92 Å². The first-order valence-corrected chi connectivity index (χ1v) is 10.9. The topological polar surface area (TPSA) is 9.23 Å². The highest BCUT2D eigenvalue weighted by atomic mass is 19.4. The summed E-state index contributed by atoms with van der Waals surface area (Å²) in [6, 6.07) is 6.30. The smallest absolute Gasteiger partial charge is 0.460 e. The predicted molar refractivity (Wildman–Crippen MR) is 102 cm³/mol. The SMILES string of the molecule is CCCCOc1ccc(C2CCC(C(F)(F)C(F)(F)C(F)(F)C(F)(F)C(F)(F)C(F)(F)F)CC2)cc1. The van der Waals surface area contributed by atoms with Gasteiger partial charge in [0.15, 0.2) is 0 Å². The van der Waals surface area contributed by atoms with Gasteiger partial charge in [0.05, 0.1) is 6.61 Å². The fraction of sp³-hybridized carbons (Fsp3) is 0.727. The lowest BCUT2D eigenvalue weighted by atomic mass is 9.74. The van der Waals surface area contributed by atoms with Gasteiger partial charge in [-0.3, -0.25) is 0 Å². The highest BCUT2D eigenvalue weighted by Gasteiger charge is 2.91. The molecule has 0 amide bonds. The van der Waals surface area contributed by atoms with Crippen LogP contribution in [-0.4, -0.2) is 42.4 Å². The van der Waals surface area contributed by atoms with Crippen LogP contribution in [0.2, 0.25) is 0 Å². The quantitative estimate of drug-likeness (QED) is 0.209. The molecular formula is C22H23F13O. The van der Waals surface area contributed by atoms with Gasteiger partial charge in [-0.05, 0) is 55.7 Å². The van der Waals surface area contributed by atoms with Gasteiger partial charge in [0.2, 0.25) is 0 Å². The number of rotatable bonds is 10. The maximum atomic E-state index is 14.4. The van der Waals surface area contributed by atoms with Gasteiger partial charge >= 0.3 is 35.8 Å². The van der Waals surface area contributed by atoms with Crippen molar-refractivity contribution in [1.29, 1.82) is 0 Å². The normalized spacial score (nSPS) is 20.9. The minimum absolute atomic E-state index is 0.271. The van der Waals surface area contributed by atoms with E-state index in [0.717, 1.165) is 12.8 Å². The average Bonchev–Trinajstić information content (AvgIpc) is 2.78. The summed E-state index contributed by atoms with van der Waals surface area (Å²) in [5.41, 5.74) is 0.577. The first kappa shape index (κ1) is 30.3. The first-order chi connectivity index (χ1) is 16.3. The number of unbranched alkanes of at least 4 members (excludes halogenated alkanes) is 1. The highest BCUT2D eigenvalue weighted by Crippen LogP contribution is 2.62. The summed E-state index contributed by atoms with van der Waals surface area (Å²) >= 11 is 0. The van der Waals surface area contributed by atoms with Crippen molar-refractivity contribution in [2.75, 3.05) is 6.61 Å². The number of hydrogen-bond acceptors (Lipinski definition) is 1. The third-order valence-corrected chi connectivity index (χ3v) is 6.32. The maximum Gasteiger partial charge on any atom is 0.460 e. The van der Waals surface area contributed by atoms with Crippen molar-refractivity contribution in [2.24, 2.45) is 5.92 Å². The lowest BCUT2D eigenvalue weighted by Crippen LogP contribution is -2.71. The molecule has 1 aromatic rings. The molecule has 0 atom stereocenters. The van der Waals surface area contributed by atoms with Gasteiger partial charge in [0, 0.05) is 5.92 Å². The summed E-state index contributed by atoms with van der Waals surface area (Å²) in [5.74, 6) is -39.2. The van der Waals surface area contributed by atoms with Crippen LogP contribution in [0.25, 0.3) is 0 Å². The van der Waals surface area contributed by atoms with Crippen molar-refractivity contribution in [1.82, 2.24) is 0 Å². The van der Waals surface area contributed by atoms with Crippen molar-refractivity contribution in [3.63, 3.8) is 0 Å². The summed E-state index contributed by atoms with van der Waals surface area (Å²) in [7, 11) is 0. The lowest BCUT2D eigenvalue weighted by Gasteiger charge is -2.43. The molecule has 0 unspecified atom stereocenters. The minimum Gasteiger partial charge on any atom is -0.494 e. The predicted octanol–water partition coefficient (Wildman–Crippen LogP) is 8.88. The third kappa shape index (κ3) is 5.09. The summed E-state index contributed by atoms with van der Waals surface area (Å²) < 4.78 is 179. The van der Waals surface area contributed by atoms with E-state index in [4.69, 9.17) is 4.74 Å². The van der Waals surface area contributed by atoms with Gasteiger partial charge < -0.3 is 4.74 Å². The Morgan fingerprint density at radius 1 is 0.667 bits per heavy atom. The van der Waals surface area contributed by atoms with Gasteiger partial charge in [-0.2, -0.15) is 57.1 Å². The average molecular weight is 550 g/mol. The van der Waals surface area contributed by atoms with E-state index in [1.54, 1.807) is 24.3 Å². The van der Waals surface area contributed by atoms with Crippen molar-refractivity contribution < 1.29 is 61.8 Å². The van der Waals surface area contributed by atoms with E-state index in [2.05, 4.69) is 0 Å². The number of halogens is 13. The van der Waals surface area contributed by atoms with Crippen molar-refractivity contribution >= 4 is 0 Å². The zero-order chi connectivity index (χ0) is 27.8. The van der Waals surface area contributed by atoms with Crippen LogP contribution in [0.15, 0.2) is 24.3 Å². The second-order valence-electron chi connectivity index (χ2n) is 8.74. The molecule has 0 aromatic heterocycles. The van der Waals surface area contributed by atoms with Crippen molar-refractivity contribution in [3.05, 3.63) is 29.8 Å². The Morgan fingerprint density at radius 3 is 1.58 bits per heavy atom. The molecule has 0 saturated heterocycles. The molecule has 0 radical (unpaired) electrons. The fourth-order valence-electron chi connectivity index (χ4n) is 4.00. The van der Waals surface area contributed by atoms with Gasteiger partial charge in [-0.15, -0.1) is 0 Å². The molecule has 0 spiro atoms. The van der Waals surface area contributed by atoms with E-state index in [9.17, 15) is 57.1 Å². The molecule has 36 heavy (non-hydrogen) atoms. The standard InChI is InChI=1S/C22H23F13O/c1-2-3-12-36-16-10-6-14(7-11-16)13-4-8-15(9-5-13)17(23,24)18(25,26)19(27,28)20(29,30)21(31,32)22(33,34)35/h6-7,10-11,13,15H,2-5,8-9,12H2,1H3. The molecule has 0 N–H and O–H groups in total. The Balaban J connectivity index is 2.17. The van der Waals surface area contributed by atoms with Crippen LogP contribution in [0.3, 0.4) is 0 Å². The van der Waals surface area contributed by atoms with Gasteiger partial charge in [-0.25, -0.2) is 0 Å². The Hall–Kier alpha value is -1.89. The van der Waals surface area contributed by atoms with Crippen LogP contribution >= 0.6 is 0 Å². The van der Waals surface area contributed by atoms with Crippen LogP contribution in [-0.2, 0) is 0 Å². The zero-order valence-electron chi connectivity index (χ0n) is 18.7. The first-order valence-electron chi connectivity index (χ1n) is 10.9. The molecule has 1 nitrogen and oxygen atoms in total. The van der Waals surface area contributed by atoms with E-state index in [0.29, 0.717) is 17.9 Å². The number of ether oxygens (including phenoxy) is 1. The van der Waals surface area contributed by atoms with E-state index >= 15 is 0 Å². The molecule has 1 fully saturated rings. The Kier molecular flexibility index (Phi) is 8.52. The fourth-order valence-corrected chi connectivity index (χ4v) is 4.00. The van der Waals surface area contributed by atoms with E-state index in [-0.39, 0.29) is 12.8 Å². The molecule has 0 bridgehead atoms. The molecule has 0 aliphatic heterocycles. The van der Waals surface area contributed by atoms with Gasteiger partial charge in [-0.1, -0.05) is 25.5 Å². The van der Waals surface area contributed by atoms with Crippen molar-refractivity contribution in [3.8, 4) is 5.75 Å². The van der Waals surface area contributed by atoms with Crippen molar-refractivity contribution in [2.45, 2.75) is 87.2 Å². The second-order valence-corrected chi connectivity index (χ2v) is 8.74. The summed E-state index contributed by atoms with van der Waals surface area (Å²) in [6.45, 7) is 2.40. The molecule has 1 aliphatic rings. The van der Waals surface area contributed by atoms with Crippen LogP contribution in [0.1, 0.15) is 56.9 Å². The monoisotopic (exact) mass is 550 g/mol. The van der Waals surface area contributed by atoms with E-state index in [1.165, 1.54) is 0 Å². The summed E-state index contributed by atoms with van der Waals surface area (Å²) in [5, 5.41) is 0. The Morgan fingerprint density at radius 2 is 1.14 bits per heavy atom. The molecule has 208 valence electrons. The van der Waals surface area contributed by atoms with E-state index < -0.39 is 60.5 Å². The van der Waals surface area contributed by atoms with Gasteiger partial charge in [0.1, 0.15) is 5.75 Å². The Labute approximate surface area is 198 Å². The number of alkyl halides is 13. The summed E-state index contributed by atoms with van der Waals surface area (Å²) in [4.78, 5) is 0. The van der Waals surface area contributed by atoms with Crippen LogP contribution in [0.5, 0.6) is 5.75 Å². The molecule has 1 saturated carbocycles. The number of benzene rings is 1. The largest absolute Gasteiger partial charge is 0.494 e. The van der Waals surface area contributed by atoms with Crippen LogP contribution < -0.4 is 4.74 Å². The third-order valence-electron chi connectivity index (χ3n) is 6.32. The maximum absolute atomic E-state index is 14.4. The van der Waals surface area contributed by atoms with Crippen LogP contribution in [0.4, 0.5) is 57.1 Å². The summed E-state index contributed by atoms with van der Waals surface area (Å²) in [6.07, 6.45) is -8.04. The molecule has 1 aromatic carbocycles. The lowest BCUT2D eigenvalue weighted by molar-refractivity contribution is -0.443. The Bertz CT molecular complexity index is 854. The molecule has 14 heteroatoms. The molecule has 2 rings (SSSR count). The number of hydrogen-bond donors (Lipinski definition) is 0.